The van der Waals surface area contributed by atoms with Gasteiger partial charge in [0.2, 0.25) is 5.13 Å². The Morgan fingerprint density at radius 1 is 1.11 bits per heavy atom. The lowest BCUT2D eigenvalue weighted by Crippen LogP contribution is -2.21. The molecular formula is C12H19N5S2. The van der Waals surface area contributed by atoms with Gasteiger partial charge >= 0.3 is 0 Å². The highest BCUT2D eigenvalue weighted by Crippen LogP contribution is 2.36. The van der Waals surface area contributed by atoms with Crippen LogP contribution in [0.1, 0.15) is 26.5 Å². The summed E-state index contributed by atoms with van der Waals surface area (Å²) in [5, 5.41) is 14.5. The average molecular weight is 297 g/mol. The quantitative estimate of drug-likeness (QED) is 0.887. The monoisotopic (exact) mass is 297 g/mol. The van der Waals surface area contributed by atoms with Crippen molar-refractivity contribution >= 4 is 32.9 Å². The Morgan fingerprint density at radius 3 is 2.47 bits per heavy atom. The van der Waals surface area contributed by atoms with Crippen molar-refractivity contribution in [3.63, 3.8) is 0 Å². The van der Waals surface area contributed by atoms with Gasteiger partial charge in [0, 0.05) is 19.6 Å². The Labute approximate surface area is 121 Å². The molecule has 0 saturated carbocycles. The van der Waals surface area contributed by atoms with E-state index in [0.717, 1.165) is 45.5 Å². The zero-order valence-electron chi connectivity index (χ0n) is 11.7. The van der Waals surface area contributed by atoms with E-state index in [4.69, 9.17) is 0 Å². The first-order valence-corrected chi connectivity index (χ1v) is 8.12. The largest absolute Gasteiger partial charge is 0.360 e. The summed E-state index contributed by atoms with van der Waals surface area (Å²) < 4.78 is 0. The lowest BCUT2D eigenvalue weighted by Gasteiger charge is -2.16. The molecule has 0 aliphatic carbocycles. The van der Waals surface area contributed by atoms with Crippen LogP contribution < -0.4 is 10.2 Å². The maximum absolute atomic E-state index is 4.65. The van der Waals surface area contributed by atoms with Gasteiger partial charge in [0.1, 0.15) is 0 Å². The van der Waals surface area contributed by atoms with Crippen molar-refractivity contribution in [3.05, 3.63) is 5.69 Å². The Hall–Kier alpha value is -1.21. The number of hydrogen-bond donors (Lipinski definition) is 1. The number of anilines is 2. The molecule has 1 N–H and O–H groups in total. The fourth-order valence-corrected chi connectivity index (χ4v) is 3.87. The molecule has 0 spiro atoms. The van der Waals surface area contributed by atoms with E-state index in [1.165, 1.54) is 0 Å². The molecule has 7 heteroatoms. The zero-order valence-corrected chi connectivity index (χ0v) is 13.4. The fraction of sp³-hybridized carbons (Fsp3) is 0.583. The van der Waals surface area contributed by atoms with E-state index in [-0.39, 0.29) is 0 Å². The number of nitrogens with one attached hydrogen (secondary N) is 1. The maximum Gasteiger partial charge on any atom is 0.206 e. The summed E-state index contributed by atoms with van der Waals surface area (Å²) >= 11 is 3.28. The second-order valence-corrected chi connectivity index (χ2v) is 5.98. The summed E-state index contributed by atoms with van der Waals surface area (Å²) in [6.07, 6.45) is 0. The molecule has 0 aliphatic heterocycles. The van der Waals surface area contributed by atoms with Gasteiger partial charge in [-0.05, 0) is 27.7 Å². The summed E-state index contributed by atoms with van der Waals surface area (Å²) in [5.41, 5.74) is 1.03. The normalized spacial score (nSPS) is 10.7. The highest BCUT2D eigenvalue weighted by Gasteiger charge is 2.16. The van der Waals surface area contributed by atoms with Gasteiger partial charge in [0.15, 0.2) is 10.1 Å². The Balaban J connectivity index is 2.28. The minimum Gasteiger partial charge on any atom is -0.360 e. The predicted molar refractivity (Wildman–Crippen MR) is 83.5 cm³/mol. The first-order chi connectivity index (χ1) is 9.19. The van der Waals surface area contributed by atoms with Crippen LogP contribution in [0.2, 0.25) is 0 Å². The van der Waals surface area contributed by atoms with Crippen LogP contribution in [0.4, 0.5) is 10.3 Å². The minimum atomic E-state index is 0.862. The van der Waals surface area contributed by atoms with Crippen LogP contribution in [-0.4, -0.2) is 34.8 Å². The Morgan fingerprint density at radius 2 is 1.84 bits per heavy atom. The van der Waals surface area contributed by atoms with Crippen molar-refractivity contribution in [1.82, 2.24) is 15.2 Å². The van der Waals surface area contributed by atoms with Gasteiger partial charge in [-0.2, -0.15) is 0 Å². The first kappa shape index (κ1) is 14.2. The molecular weight excluding hydrogens is 278 g/mol. The topological polar surface area (TPSA) is 53.9 Å². The summed E-state index contributed by atoms with van der Waals surface area (Å²) in [6, 6.07) is 0. The van der Waals surface area contributed by atoms with Crippen molar-refractivity contribution in [2.24, 2.45) is 0 Å². The van der Waals surface area contributed by atoms with Crippen molar-refractivity contribution < 1.29 is 0 Å². The standard InChI is InChI=1S/C12H19N5S2/c1-5-13-11-16-15-10(19-11)9-8(4)14-12(18-9)17(6-2)7-3/h5-7H2,1-4H3,(H,13,16). The minimum absolute atomic E-state index is 0.862. The molecule has 0 saturated heterocycles. The van der Waals surface area contributed by atoms with Crippen molar-refractivity contribution in [3.8, 4) is 9.88 Å². The molecule has 0 fully saturated rings. The zero-order chi connectivity index (χ0) is 13.8. The van der Waals surface area contributed by atoms with Crippen LogP contribution >= 0.6 is 22.7 Å². The van der Waals surface area contributed by atoms with E-state index in [9.17, 15) is 0 Å². The Bertz CT molecular complexity index is 530. The van der Waals surface area contributed by atoms with Gasteiger partial charge in [-0.25, -0.2) is 4.98 Å². The third kappa shape index (κ3) is 3.03. The molecule has 104 valence electrons. The van der Waals surface area contributed by atoms with E-state index in [1.54, 1.807) is 22.7 Å². The van der Waals surface area contributed by atoms with Crippen LogP contribution in [-0.2, 0) is 0 Å². The molecule has 2 aromatic rings. The molecule has 0 radical (unpaired) electrons. The maximum atomic E-state index is 4.65. The van der Waals surface area contributed by atoms with Crippen molar-refractivity contribution in [2.75, 3.05) is 29.9 Å². The highest BCUT2D eigenvalue weighted by atomic mass is 32.1. The third-order valence-electron chi connectivity index (χ3n) is 2.77. The van der Waals surface area contributed by atoms with E-state index in [0.29, 0.717) is 0 Å². The predicted octanol–water partition coefficient (Wildman–Crippen LogP) is 3.25. The van der Waals surface area contributed by atoms with Crippen molar-refractivity contribution in [1.29, 1.82) is 0 Å². The molecule has 19 heavy (non-hydrogen) atoms. The SMILES string of the molecule is CCNc1nnc(-c2sc(N(CC)CC)nc2C)s1. The number of aryl methyl sites for hydroxylation is 1. The van der Waals surface area contributed by atoms with E-state index in [1.807, 2.05) is 6.92 Å². The summed E-state index contributed by atoms with van der Waals surface area (Å²) in [7, 11) is 0. The molecule has 0 amide bonds. The van der Waals surface area contributed by atoms with E-state index >= 15 is 0 Å². The second-order valence-electron chi connectivity index (χ2n) is 4.03. The molecule has 0 aliphatic rings. The number of hydrogen-bond acceptors (Lipinski definition) is 7. The smallest absolute Gasteiger partial charge is 0.206 e. The summed E-state index contributed by atoms with van der Waals surface area (Å²) in [5.74, 6) is 0. The molecule has 2 heterocycles. The average Bonchev–Trinajstić information content (AvgIpc) is 2.98. The van der Waals surface area contributed by atoms with E-state index in [2.05, 4.69) is 46.2 Å². The number of nitrogens with zero attached hydrogens (tertiary/aromatic N) is 4. The van der Waals surface area contributed by atoms with Crippen LogP contribution in [0.15, 0.2) is 0 Å². The first-order valence-electron chi connectivity index (χ1n) is 6.49. The molecule has 0 aromatic carbocycles. The second kappa shape index (κ2) is 6.29. The van der Waals surface area contributed by atoms with Crippen LogP contribution in [0.3, 0.4) is 0 Å². The molecule has 5 nitrogen and oxygen atoms in total. The summed E-state index contributed by atoms with van der Waals surface area (Å²) in [6.45, 7) is 11.2. The number of thiazole rings is 1. The van der Waals surface area contributed by atoms with Crippen LogP contribution in [0, 0.1) is 6.92 Å². The van der Waals surface area contributed by atoms with Crippen LogP contribution in [0.25, 0.3) is 9.88 Å². The highest BCUT2D eigenvalue weighted by molar-refractivity contribution is 7.25. The lowest BCUT2D eigenvalue weighted by atomic mass is 10.4. The number of aromatic nitrogens is 3. The molecule has 0 bridgehead atoms. The van der Waals surface area contributed by atoms with Crippen molar-refractivity contribution in [2.45, 2.75) is 27.7 Å². The van der Waals surface area contributed by atoms with Gasteiger partial charge in [-0.15, -0.1) is 10.2 Å². The van der Waals surface area contributed by atoms with Gasteiger partial charge < -0.3 is 10.2 Å². The number of rotatable bonds is 6. The van der Waals surface area contributed by atoms with Crippen LogP contribution in [0.5, 0.6) is 0 Å². The van der Waals surface area contributed by atoms with Gasteiger partial charge in [0.05, 0.1) is 10.6 Å². The molecule has 0 unspecified atom stereocenters. The van der Waals surface area contributed by atoms with Gasteiger partial charge in [-0.1, -0.05) is 22.7 Å². The molecule has 2 aromatic heterocycles. The molecule has 0 atom stereocenters. The lowest BCUT2D eigenvalue weighted by molar-refractivity contribution is 0.857. The third-order valence-corrected chi connectivity index (χ3v) is 5.02. The molecule has 2 rings (SSSR count). The van der Waals surface area contributed by atoms with E-state index < -0.39 is 0 Å². The summed E-state index contributed by atoms with van der Waals surface area (Å²) in [4.78, 5) is 8.03. The Kier molecular flexibility index (Phi) is 4.71. The van der Waals surface area contributed by atoms with Gasteiger partial charge in [-0.3, -0.25) is 0 Å². The van der Waals surface area contributed by atoms with Gasteiger partial charge in [0.25, 0.3) is 0 Å². The fourth-order valence-electron chi connectivity index (χ4n) is 1.75.